The molecule has 2 nitrogen and oxygen atoms in total. The Labute approximate surface area is 93.8 Å². The first-order valence-electron chi connectivity index (χ1n) is 4.91. The van der Waals surface area contributed by atoms with Crippen LogP contribution in [0.25, 0.3) is 6.08 Å². The summed E-state index contributed by atoms with van der Waals surface area (Å²) in [5.74, 6) is -1.32. The Balaban J connectivity index is 3.07. The summed E-state index contributed by atoms with van der Waals surface area (Å²) in [6.45, 7) is 4.56. The summed E-state index contributed by atoms with van der Waals surface area (Å²) in [5, 5.41) is 0. The number of hydrogen-bond acceptors (Lipinski definition) is 2. The van der Waals surface area contributed by atoms with Crippen LogP contribution in [0.1, 0.15) is 25.0 Å². The molecule has 1 aromatic carbocycles. The normalized spacial score (nSPS) is 11.4. The predicted octanol–water partition coefficient (Wildman–Crippen LogP) is 2.70. The van der Waals surface area contributed by atoms with Gasteiger partial charge in [0, 0.05) is 12.5 Å². The summed E-state index contributed by atoms with van der Waals surface area (Å²) >= 11 is 0. The van der Waals surface area contributed by atoms with Crippen LogP contribution in [0.5, 0.6) is 0 Å². The van der Waals surface area contributed by atoms with Gasteiger partial charge in [-0.15, -0.1) is 0 Å². The van der Waals surface area contributed by atoms with E-state index in [2.05, 4.69) is 0 Å². The second kappa shape index (κ2) is 4.84. The Morgan fingerprint density at radius 3 is 2.38 bits per heavy atom. The lowest BCUT2D eigenvalue weighted by atomic mass is 10.0. The molecule has 84 valence electrons. The highest BCUT2D eigenvalue weighted by Crippen LogP contribution is 2.14. The van der Waals surface area contributed by atoms with Gasteiger partial charge in [-0.2, -0.15) is 0 Å². The topological polar surface area (TPSA) is 34.1 Å². The Morgan fingerprint density at radius 1 is 1.25 bits per heavy atom. The number of halogens is 1. The van der Waals surface area contributed by atoms with Crippen LogP contribution in [-0.2, 0) is 9.59 Å². The Bertz CT molecular complexity index is 473. The van der Waals surface area contributed by atoms with Crippen molar-refractivity contribution >= 4 is 17.6 Å². The van der Waals surface area contributed by atoms with E-state index in [0.29, 0.717) is 5.57 Å². The molecule has 0 aliphatic heterocycles. The number of Topliss-reactive ketones (excluding diaryl/α,β-unsaturated/α-hetero) is 2. The molecule has 0 aliphatic carbocycles. The van der Waals surface area contributed by atoms with Crippen molar-refractivity contribution < 1.29 is 14.0 Å². The van der Waals surface area contributed by atoms with Crippen molar-refractivity contribution in [2.24, 2.45) is 0 Å². The average molecular weight is 220 g/mol. The fourth-order valence-corrected chi connectivity index (χ4v) is 1.38. The largest absolute Gasteiger partial charge is 0.291 e. The molecule has 0 aliphatic rings. The standard InChI is InChI=1S/C13H13FO2/c1-8-7-12(14)5-4-11(8)6-9(2)13(16)10(3)15/h4-7H,1-3H3/b9-6+. The summed E-state index contributed by atoms with van der Waals surface area (Å²) in [5.41, 5.74) is 1.84. The first-order chi connectivity index (χ1) is 7.41. The molecule has 0 radical (unpaired) electrons. The lowest BCUT2D eigenvalue weighted by Gasteiger charge is -2.02. The summed E-state index contributed by atoms with van der Waals surface area (Å²) in [7, 11) is 0. The van der Waals surface area contributed by atoms with Gasteiger partial charge < -0.3 is 0 Å². The number of carbonyl (C=O) groups excluding carboxylic acids is 2. The third-order valence-corrected chi connectivity index (χ3v) is 2.28. The fourth-order valence-electron chi connectivity index (χ4n) is 1.38. The first-order valence-corrected chi connectivity index (χ1v) is 4.91. The zero-order chi connectivity index (χ0) is 12.3. The quantitative estimate of drug-likeness (QED) is 0.579. The summed E-state index contributed by atoms with van der Waals surface area (Å²) in [6.07, 6.45) is 1.60. The molecule has 3 heteroatoms. The van der Waals surface area contributed by atoms with E-state index in [4.69, 9.17) is 0 Å². The molecule has 16 heavy (non-hydrogen) atoms. The highest BCUT2D eigenvalue weighted by Gasteiger charge is 2.10. The third kappa shape index (κ3) is 2.86. The zero-order valence-electron chi connectivity index (χ0n) is 9.50. The zero-order valence-corrected chi connectivity index (χ0v) is 9.50. The van der Waals surface area contributed by atoms with Crippen molar-refractivity contribution in [2.75, 3.05) is 0 Å². The van der Waals surface area contributed by atoms with Crippen molar-refractivity contribution in [1.82, 2.24) is 0 Å². The molecule has 0 spiro atoms. The fraction of sp³-hybridized carbons (Fsp3) is 0.231. The number of aryl methyl sites for hydroxylation is 1. The molecule has 1 aromatic rings. The minimum Gasteiger partial charge on any atom is -0.291 e. The van der Waals surface area contributed by atoms with E-state index in [9.17, 15) is 14.0 Å². The first kappa shape index (κ1) is 12.3. The van der Waals surface area contributed by atoms with Crippen LogP contribution in [0.3, 0.4) is 0 Å². The van der Waals surface area contributed by atoms with Gasteiger partial charge in [-0.3, -0.25) is 9.59 Å². The number of benzene rings is 1. The van der Waals surface area contributed by atoms with Crippen LogP contribution in [0.4, 0.5) is 4.39 Å². The number of ketones is 2. The van der Waals surface area contributed by atoms with Gasteiger partial charge in [0.05, 0.1) is 0 Å². The van der Waals surface area contributed by atoms with Crippen molar-refractivity contribution in [3.63, 3.8) is 0 Å². The molecule has 0 fully saturated rings. The summed E-state index contributed by atoms with van der Waals surface area (Å²) in [4.78, 5) is 22.2. The van der Waals surface area contributed by atoms with Crippen molar-refractivity contribution in [3.8, 4) is 0 Å². The van der Waals surface area contributed by atoms with Crippen LogP contribution in [0, 0.1) is 12.7 Å². The van der Waals surface area contributed by atoms with Gasteiger partial charge in [-0.1, -0.05) is 6.07 Å². The van der Waals surface area contributed by atoms with Gasteiger partial charge in [-0.25, -0.2) is 4.39 Å². The second-order valence-electron chi connectivity index (χ2n) is 3.71. The Kier molecular flexibility index (Phi) is 3.72. The van der Waals surface area contributed by atoms with Crippen molar-refractivity contribution in [3.05, 3.63) is 40.7 Å². The Morgan fingerprint density at radius 2 is 1.88 bits per heavy atom. The summed E-state index contributed by atoms with van der Waals surface area (Å²) in [6, 6.07) is 4.29. The van der Waals surface area contributed by atoms with Gasteiger partial charge in [-0.05, 0) is 43.2 Å². The molecule has 0 N–H and O–H groups in total. The maximum Gasteiger partial charge on any atom is 0.223 e. The Hall–Kier alpha value is -1.77. The number of carbonyl (C=O) groups is 2. The molecule has 0 aromatic heterocycles. The summed E-state index contributed by atoms with van der Waals surface area (Å²) < 4.78 is 12.8. The average Bonchev–Trinajstić information content (AvgIpc) is 2.20. The van der Waals surface area contributed by atoms with Crippen LogP contribution in [-0.4, -0.2) is 11.6 Å². The molecular weight excluding hydrogens is 207 g/mol. The molecule has 1 rings (SSSR count). The van der Waals surface area contributed by atoms with E-state index in [-0.39, 0.29) is 5.82 Å². The minimum atomic E-state index is -0.510. The van der Waals surface area contributed by atoms with Crippen LogP contribution >= 0.6 is 0 Å². The van der Waals surface area contributed by atoms with E-state index < -0.39 is 11.6 Å². The molecule has 0 saturated heterocycles. The second-order valence-corrected chi connectivity index (χ2v) is 3.71. The van der Waals surface area contributed by atoms with E-state index in [1.807, 2.05) is 0 Å². The smallest absolute Gasteiger partial charge is 0.223 e. The lowest BCUT2D eigenvalue weighted by molar-refractivity contribution is -0.133. The highest BCUT2D eigenvalue weighted by atomic mass is 19.1. The van der Waals surface area contributed by atoms with E-state index in [1.54, 1.807) is 26.0 Å². The molecule has 0 heterocycles. The predicted molar refractivity (Wildman–Crippen MR) is 60.5 cm³/mol. The van der Waals surface area contributed by atoms with E-state index >= 15 is 0 Å². The molecular formula is C13H13FO2. The minimum absolute atomic E-state index is 0.315. The third-order valence-electron chi connectivity index (χ3n) is 2.28. The van der Waals surface area contributed by atoms with Gasteiger partial charge in [0.25, 0.3) is 0 Å². The molecule has 0 unspecified atom stereocenters. The SMILES string of the molecule is CC(=O)C(=O)/C(C)=C/c1ccc(F)cc1C. The van der Waals surface area contributed by atoms with Crippen LogP contribution in [0.2, 0.25) is 0 Å². The number of allylic oxidation sites excluding steroid dienone is 1. The van der Waals surface area contributed by atoms with E-state index in [0.717, 1.165) is 11.1 Å². The highest BCUT2D eigenvalue weighted by molar-refractivity contribution is 6.43. The monoisotopic (exact) mass is 220 g/mol. The molecule has 0 bridgehead atoms. The number of hydrogen-bond donors (Lipinski definition) is 0. The maximum atomic E-state index is 12.8. The maximum absolute atomic E-state index is 12.8. The van der Waals surface area contributed by atoms with Gasteiger partial charge in [0.2, 0.25) is 5.78 Å². The molecule has 0 saturated carbocycles. The molecule has 0 amide bonds. The lowest BCUT2D eigenvalue weighted by Crippen LogP contribution is -2.10. The van der Waals surface area contributed by atoms with Crippen LogP contribution < -0.4 is 0 Å². The van der Waals surface area contributed by atoms with Gasteiger partial charge >= 0.3 is 0 Å². The number of rotatable bonds is 3. The van der Waals surface area contributed by atoms with Crippen molar-refractivity contribution in [2.45, 2.75) is 20.8 Å². The van der Waals surface area contributed by atoms with Crippen molar-refractivity contribution in [1.29, 1.82) is 0 Å². The van der Waals surface area contributed by atoms with Gasteiger partial charge in [0.1, 0.15) is 5.82 Å². The van der Waals surface area contributed by atoms with Crippen LogP contribution in [0.15, 0.2) is 23.8 Å². The molecule has 0 atom stereocenters. The van der Waals surface area contributed by atoms with E-state index in [1.165, 1.54) is 19.1 Å². The van der Waals surface area contributed by atoms with Gasteiger partial charge in [0.15, 0.2) is 5.78 Å².